The van der Waals surface area contributed by atoms with Crippen molar-refractivity contribution in [3.63, 3.8) is 0 Å². The molecule has 0 bridgehead atoms. The largest absolute Gasteiger partial charge is 0.391 e. The molecular weight excluding hydrogens is 193 g/mol. The lowest BCUT2D eigenvalue weighted by Gasteiger charge is -2.18. The number of benzene rings is 1. The zero-order valence-corrected chi connectivity index (χ0v) is 8.62. The SMILES string of the molecule is OC(Cc1cccc(F)c1)C1CCCN1. The number of hydrogen-bond acceptors (Lipinski definition) is 2. The third-order valence-electron chi connectivity index (χ3n) is 2.90. The van der Waals surface area contributed by atoms with Crippen molar-refractivity contribution in [1.29, 1.82) is 0 Å². The predicted molar refractivity (Wildman–Crippen MR) is 57.1 cm³/mol. The molecule has 0 amide bonds. The fourth-order valence-electron chi connectivity index (χ4n) is 2.09. The molecule has 0 radical (unpaired) electrons. The van der Waals surface area contributed by atoms with Crippen LogP contribution in [0.1, 0.15) is 18.4 Å². The van der Waals surface area contributed by atoms with Gasteiger partial charge in [0, 0.05) is 6.04 Å². The van der Waals surface area contributed by atoms with Gasteiger partial charge in [0.25, 0.3) is 0 Å². The van der Waals surface area contributed by atoms with Gasteiger partial charge in [0.2, 0.25) is 0 Å². The Balaban J connectivity index is 1.95. The van der Waals surface area contributed by atoms with E-state index in [1.165, 1.54) is 12.1 Å². The van der Waals surface area contributed by atoms with E-state index in [2.05, 4.69) is 5.32 Å². The molecule has 15 heavy (non-hydrogen) atoms. The molecule has 1 aliphatic heterocycles. The van der Waals surface area contributed by atoms with Gasteiger partial charge >= 0.3 is 0 Å². The van der Waals surface area contributed by atoms with Crippen LogP contribution >= 0.6 is 0 Å². The van der Waals surface area contributed by atoms with Crippen molar-refractivity contribution < 1.29 is 9.50 Å². The standard InChI is InChI=1S/C12H16FNO/c13-10-4-1-3-9(7-10)8-12(15)11-5-2-6-14-11/h1,3-4,7,11-12,14-15H,2,5-6,8H2. The molecule has 1 aromatic rings. The number of hydrogen-bond donors (Lipinski definition) is 2. The summed E-state index contributed by atoms with van der Waals surface area (Å²) in [6.07, 6.45) is 2.24. The fourth-order valence-corrected chi connectivity index (χ4v) is 2.09. The van der Waals surface area contributed by atoms with E-state index in [0.717, 1.165) is 24.9 Å². The molecule has 0 spiro atoms. The van der Waals surface area contributed by atoms with Crippen LogP contribution in [0.2, 0.25) is 0 Å². The topological polar surface area (TPSA) is 32.3 Å². The van der Waals surface area contributed by atoms with Crippen LogP contribution in [0, 0.1) is 5.82 Å². The average molecular weight is 209 g/mol. The molecule has 0 aromatic heterocycles. The van der Waals surface area contributed by atoms with Crippen LogP contribution in [0.5, 0.6) is 0 Å². The van der Waals surface area contributed by atoms with E-state index < -0.39 is 6.10 Å². The van der Waals surface area contributed by atoms with E-state index >= 15 is 0 Å². The minimum Gasteiger partial charge on any atom is -0.391 e. The molecular formula is C12H16FNO. The second kappa shape index (κ2) is 4.73. The van der Waals surface area contributed by atoms with Crippen LogP contribution < -0.4 is 5.32 Å². The monoisotopic (exact) mass is 209 g/mol. The Labute approximate surface area is 89.1 Å². The smallest absolute Gasteiger partial charge is 0.123 e. The minimum absolute atomic E-state index is 0.174. The van der Waals surface area contributed by atoms with Crippen molar-refractivity contribution in [1.82, 2.24) is 5.32 Å². The Kier molecular flexibility index (Phi) is 3.34. The van der Waals surface area contributed by atoms with E-state index in [9.17, 15) is 9.50 Å². The first-order valence-electron chi connectivity index (χ1n) is 5.41. The van der Waals surface area contributed by atoms with Crippen LogP contribution in [0.3, 0.4) is 0 Å². The number of aliphatic hydroxyl groups excluding tert-OH is 1. The summed E-state index contributed by atoms with van der Waals surface area (Å²) in [5.41, 5.74) is 0.858. The number of rotatable bonds is 3. The highest BCUT2D eigenvalue weighted by atomic mass is 19.1. The van der Waals surface area contributed by atoms with Gasteiger partial charge < -0.3 is 10.4 Å². The molecule has 0 aliphatic carbocycles. The maximum atomic E-state index is 12.9. The summed E-state index contributed by atoms with van der Waals surface area (Å²) in [6.45, 7) is 0.977. The molecule has 2 unspecified atom stereocenters. The fraction of sp³-hybridized carbons (Fsp3) is 0.500. The number of halogens is 1. The zero-order chi connectivity index (χ0) is 10.7. The van der Waals surface area contributed by atoms with Crippen LogP contribution in [0.4, 0.5) is 4.39 Å². The van der Waals surface area contributed by atoms with E-state index in [0.29, 0.717) is 6.42 Å². The van der Waals surface area contributed by atoms with Crippen molar-refractivity contribution in [3.05, 3.63) is 35.6 Å². The molecule has 1 heterocycles. The molecule has 82 valence electrons. The van der Waals surface area contributed by atoms with Gasteiger partial charge in [-0.1, -0.05) is 12.1 Å². The quantitative estimate of drug-likeness (QED) is 0.790. The molecule has 2 atom stereocenters. The Hall–Kier alpha value is -0.930. The summed E-state index contributed by atoms with van der Waals surface area (Å²) in [7, 11) is 0. The first-order chi connectivity index (χ1) is 7.25. The molecule has 1 fully saturated rings. The highest BCUT2D eigenvalue weighted by Crippen LogP contribution is 2.14. The Morgan fingerprint density at radius 2 is 2.40 bits per heavy atom. The van der Waals surface area contributed by atoms with Gasteiger partial charge in [-0.25, -0.2) is 4.39 Å². The van der Waals surface area contributed by atoms with E-state index in [-0.39, 0.29) is 11.9 Å². The zero-order valence-electron chi connectivity index (χ0n) is 8.62. The van der Waals surface area contributed by atoms with E-state index in [1.54, 1.807) is 6.07 Å². The van der Waals surface area contributed by atoms with Gasteiger partial charge in [0.1, 0.15) is 5.82 Å². The third-order valence-corrected chi connectivity index (χ3v) is 2.90. The van der Waals surface area contributed by atoms with Crippen molar-refractivity contribution in [2.45, 2.75) is 31.4 Å². The lowest BCUT2D eigenvalue weighted by molar-refractivity contribution is 0.136. The summed E-state index contributed by atoms with van der Waals surface area (Å²) < 4.78 is 12.9. The number of nitrogens with one attached hydrogen (secondary N) is 1. The van der Waals surface area contributed by atoms with Crippen molar-refractivity contribution in [3.8, 4) is 0 Å². The molecule has 2 rings (SSSR count). The maximum absolute atomic E-state index is 12.9. The molecule has 1 saturated heterocycles. The van der Waals surface area contributed by atoms with Crippen LogP contribution in [-0.4, -0.2) is 23.8 Å². The molecule has 0 saturated carbocycles. The predicted octanol–water partition coefficient (Wildman–Crippen LogP) is 1.48. The lowest BCUT2D eigenvalue weighted by Crippen LogP contribution is -2.36. The third kappa shape index (κ3) is 2.76. The van der Waals surface area contributed by atoms with E-state index in [1.807, 2.05) is 6.07 Å². The summed E-state index contributed by atoms with van der Waals surface area (Å²) in [5, 5.41) is 13.2. The molecule has 1 aromatic carbocycles. The highest BCUT2D eigenvalue weighted by molar-refractivity contribution is 5.17. The van der Waals surface area contributed by atoms with Crippen molar-refractivity contribution >= 4 is 0 Å². The van der Waals surface area contributed by atoms with Gasteiger partial charge in [0.05, 0.1) is 6.10 Å². The van der Waals surface area contributed by atoms with Crippen LogP contribution in [0.25, 0.3) is 0 Å². The summed E-state index contributed by atoms with van der Waals surface area (Å²) >= 11 is 0. The van der Waals surface area contributed by atoms with Crippen LogP contribution in [-0.2, 0) is 6.42 Å². The Bertz CT molecular complexity index is 323. The molecule has 3 heteroatoms. The van der Waals surface area contributed by atoms with Gasteiger partial charge in [0.15, 0.2) is 0 Å². The molecule has 2 N–H and O–H groups in total. The Morgan fingerprint density at radius 3 is 3.07 bits per heavy atom. The first kappa shape index (κ1) is 10.6. The summed E-state index contributed by atoms with van der Waals surface area (Å²) in [6, 6.07) is 6.61. The van der Waals surface area contributed by atoms with Gasteiger partial charge in [-0.3, -0.25) is 0 Å². The second-order valence-electron chi connectivity index (χ2n) is 4.10. The normalized spacial score (nSPS) is 22.9. The number of aliphatic hydroxyl groups is 1. The van der Waals surface area contributed by atoms with E-state index in [4.69, 9.17) is 0 Å². The second-order valence-corrected chi connectivity index (χ2v) is 4.10. The van der Waals surface area contributed by atoms with Crippen LogP contribution in [0.15, 0.2) is 24.3 Å². The highest BCUT2D eigenvalue weighted by Gasteiger charge is 2.22. The minimum atomic E-state index is -0.408. The molecule has 1 aliphatic rings. The van der Waals surface area contributed by atoms with Crippen molar-refractivity contribution in [2.24, 2.45) is 0 Å². The van der Waals surface area contributed by atoms with Gasteiger partial charge in [-0.2, -0.15) is 0 Å². The Morgan fingerprint density at radius 1 is 1.53 bits per heavy atom. The van der Waals surface area contributed by atoms with Gasteiger partial charge in [-0.15, -0.1) is 0 Å². The molecule has 2 nitrogen and oxygen atoms in total. The summed E-state index contributed by atoms with van der Waals surface area (Å²) in [4.78, 5) is 0. The maximum Gasteiger partial charge on any atom is 0.123 e. The first-order valence-corrected chi connectivity index (χ1v) is 5.41. The average Bonchev–Trinajstić information content (AvgIpc) is 2.70. The van der Waals surface area contributed by atoms with Crippen molar-refractivity contribution in [2.75, 3.05) is 6.54 Å². The lowest BCUT2D eigenvalue weighted by atomic mass is 10.0. The van der Waals surface area contributed by atoms with Gasteiger partial charge in [-0.05, 0) is 43.5 Å². The summed E-state index contributed by atoms with van der Waals surface area (Å²) in [5.74, 6) is -0.237.